The molecule has 5 nitrogen and oxygen atoms in total. The van der Waals surface area contributed by atoms with E-state index in [1.165, 1.54) is 18.9 Å². The van der Waals surface area contributed by atoms with Gasteiger partial charge in [-0.25, -0.2) is 4.98 Å². The maximum Gasteiger partial charge on any atom is 0.323 e. The highest BCUT2D eigenvalue weighted by atomic mass is 35.5. The lowest BCUT2D eigenvalue weighted by atomic mass is 10.2. The maximum absolute atomic E-state index is 11.2. The van der Waals surface area contributed by atoms with Crippen LogP contribution < -0.4 is 5.73 Å². The summed E-state index contributed by atoms with van der Waals surface area (Å²) in [6, 6.07) is 6.69. The molecule has 2 aromatic rings. The molecule has 0 amide bonds. The molecular formula is C14H15ClN2O3S. The van der Waals surface area contributed by atoms with Crippen molar-refractivity contribution in [3.63, 3.8) is 0 Å². The molecule has 1 unspecified atom stereocenters. The summed E-state index contributed by atoms with van der Waals surface area (Å²) >= 11 is 7.31. The lowest BCUT2D eigenvalue weighted by Gasteiger charge is -2.07. The number of nitrogens with two attached hydrogens (primary N) is 1. The fourth-order valence-electron chi connectivity index (χ4n) is 1.62. The van der Waals surface area contributed by atoms with Crippen LogP contribution >= 0.6 is 23.4 Å². The van der Waals surface area contributed by atoms with Gasteiger partial charge in [-0.05, 0) is 24.3 Å². The van der Waals surface area contributed by atoms with Gasteiger partial charge in [-0.15, -0.1) is 11.8 Å². The summed E-state index contributed by atoms with van der Waals surface area (Å²) < 4.78 is 10.2. The summed E-state index contributed by atoms with van der Waals surface area (Å²) in [4.78, 5) is 15.4. The number of benzene rings is 1. The van der Waals surface area contributed by atoms with Crippen LogP contribution in [0.1, 0.15) is 5.89 Å². The largest absolute Gasteiger partial charge is 0.468 e. The van der Waals surface area contributed by atoms with Crippen LogP contribution in [0.15, 0.2) is 34.9 Å². The van der Waals surface area contributed by atoms with Gasteiger partial charge in [-0.2, -0.15) is 0 Å². The van der Waals surface area contributed by atoms with E-state index in [4.69, 9.17) is 21.8 Å². The van der Waals surface area contributed by atoms with Gasteiger partial charge >= 0.3 is 5.97 Å². The summed E-state index contributed by atoms with van der Waals surface area (Å²) in [5.41, 5.74) is 6.55. The van der Waals surface area contributed by atoms with Crippen LogP contribution in [0.2, 0.25) is 5.02 Å². The average molecular weight is 327 g/mol. The molecule has 21 heavy (non-hydrogen) atoms. The van der Waals surface area contributed by atoms with Gasteiger partial charge in [0.15, 0.2) is 5.76 Å². The fraction of sp³-hybridized carbons (Fsp3) is 0.286. The molecule has 0 radical (unpaired) electrons. The summed E-state index contributed by atoms with van der Waals surface area (Å²) in [6.07, 6.45) is 1.67. The van der Waals surface area contributed by atoms with Crippen LogP contribution in [0, 0.1) is 0 Å². The highest BCUT2D eigenvalue weighted by molar-refractivity contribution is 7.98. The van der Waals surface area contributed by atoms with E-state index in [9.17, 15) is 4.79 Å². The molecule has 0 spiro atoms. The van der Waals surface area contributed by atoms with Crippen molar-refractivity contribution in [1.82, 2.24) is 4.98 Å². The third-order valence-corrected chi connectivity index (χ3v) is 4.01. The van der Waals surface area contributed by atoms with E-state index >= 15 is 0 Å². The lowest BCUT2D eigenvalue weighted by molar-refractivity contribution is -0.141. The predicted octanol–water partition coefficient (Wildman–Crippen LogP) is 2.73. The number of thioether (sulfide) groups is 1. The van der Waals surface area contributed by atoms with Gasteiger partial charge < -0.3 is 14.9 Å². The second-order valence-corrected chi connectivity index (χ2v) is 5.74. The molecule has 0 aliphatic heterocycles. The molecule has 0 saturated heterocycles. The Balaban J connectivity index is 1.89. The first-order valence-corrected chi connectivity index (χ1v) is 7.75. The predicted molar refractivity (Wildman–Crippen MR) is 83.1 cm³/mol. The van der Waals surface area contributed by atoms with Gasteiger partial charge in [0.05, 0.1) is 19.1 Å². The van der Waals surface area contributed by atoms with Crippen molar-refractivity contribution >= 4 is 29.3 Å². The Hall–Kier alpha value is -1.50. The van der Waals surface area contributed by atoms with Crippen LogP contribution in [0.5, 0.6) is 0 Å². The number of ether oxygens (including phenoxy) is 1. The highest BCUT2D eigenvalue weighted by Gasteiger charge is 2.14. The van der Waals surface area contributed by atoms with E-state index in [1.54, 1.807) is 18.3 Å². The molecule has 112 valence electrons. The van der Waals surface area contributed by atoms with E-state index in [0.717, 1.165) is 5.56 Å². The number of nitrogens with zero attached hydrogens (tertiary/aromatic N) is 1. The van der Waals surface area contributed by atoms with Gasteiger partial charge in [0.2, 0.25) is 5.89 Å². The minimum absolute atomic E-state index is 0.420. The molecule has 2 rings (SSSR count). The van der Waals surface area contributed by atoms with Crippen molar-refractivity contribution in [3.8, 4) is 11.3 Å². The summed E-state index contributed by atoms with van der Waals surface area (Å²) in [5.74, 6) is 1.84. The minimum atomic E-state index is -0.634. The molecular weight excluding hydrogens is 312 g/mol. The quantitative estimate of drug-likeness (QED) is 0.822. The molecule has 0 fully saturated rings. The zero-order valence-electron chi connectivity index (χ0n) is 11.4. The van der Waals surface area contributed by atoms with Crippen molar-refractivity contribution in [2.45, 2.75) is 11.8 Å². The van der Waals surface area contributed by atoms with E-state index in [1.807, 2.05) is 12.1 Å². The molecule has 0 bridgehead atoms. The topological polar surface area (TPSA) is 78.4 Å². The number of carbonyl (C=O) groups excluding carboxylic acids is 1. The number of oxazole rings is 1. The monoisotopic (exact) mass is 326 g/mol. The number of rotatable bonds is 6. The Kier molecular flexibility index (Phi) is 5.67. The van der Waals surface area contributed by atoms with Gasteiger partial charge in [-0.1, -0.05) is 11.6 Å². The van der Waals surface area contributed by atoms with Crippen molar-refractivity contribution in [2.75, 3.05) is 12.9 Å². The van der Waals surface area contributed by atoms with Crippen LogP contribution in [-0.2, 0) is 15.3 Å². The van der Waals surface area contributed by atoms with Gasteiger partial charge in [0.1, 0.15) is 6.04 Å². The average Bonchev–Trinajstić information content (AvgIpc) is 2.95. The second kappa shape index (κ2) is 7.49. The Morgan fingerprint density at radius 3 is 2.86 bits per heavy atom. The van der Waals surface area contributed by atoms with Crippen LogP contribution in [0.3, 0.4) is 0 Å². The molecule has 7 heteroatoms. The number of carbonyl (C=O) groups is 1. The normalized spacial score (nSPS) is 12.1. The number of halogens is 1. The lowest BCUT2D eigenvalue weighted by Crippen LogP contribution is -2.33. The Bertz CT molecular complexity index is 601. The van der Waals surface area contributed by atoms with Crippen molar-refractivity contribution in [3.05, 3.63) is 41.4 Å². The van der Waals surface area contributed by atoms with Crippen LogP contribution in [0.25, 0.3) is 11.3 Å². The van der Waals surface area contributed by atoms with Gasteiger partial charge in [0.25, 0.3) is 0 Å². The standard InChI is InChI=1S/C14H15ClN2O3S/c1-19-14(18)11(16)7-21-8-13-17-6-12(20-13)9-2-4-10(15)5-3-9/h2-6,11H,7-8,16H2,1H3. The number of esters is 1. The number of hydrogen-bond donors (Lipinski definition) is 1. The minimum Gasteiger partial charge on any atom is -0.468 e. The van der Waals surface area contributed by atoms with E-state index in [2.05, 4.69) is 9.72 Å². The zero-order valence-corrected chi connectivity index (χ0v) is 13.0. The van der Waals surface area contributed by atoms with Crippen molar-refractivity contribution < 1.29 is 13.9 Å². The van der Waals surface area contributed by atoms with E-state index in [-0.39, 0.29) is 0 Å². The third kappa shape index (κ3) is 4.49. The first-order valence-electron chi connectivity index (χ1n) is 6.22. The summed E-state index contributed by atoms with van der Waals surface area (Å²) in [7, 11) is 1.32. The molecule has 0 aliphatic carbocycles. The molecule has 2 N–H and O–H groups in total. The summed E-state index contributed by atoms with van der Waals surface area (Å²) in [5, 5.41) is 0.672. The Morgan fingerprint density at radius 2 is 2.19 bits per heavy atom. The van der Waals surface area contributed by atoms with Crippen LogP contribution in [-0.4, -0.2) is 29.9 Å². The smallest absolute Gasteiger partial charge is 0.323 e. The highest BCUT2D eigenvalue weighted by Crippen LogP contribution is 2.23. The van der Waals surface area contributed by atoms with Crippen molar-refractivity contribution in [2.24, 2.45) is 5.73 Å². The molecule has 0 aliphatic rings. The van der Waals surface area contributed by atoms with E-state index in [0.29, 0.717) is 28.2 Å². The van der Waals surface area contributed by atoms with Crippen LogP contribution in [0.4, 0.5) is 0 Å². The van der Waals surface area contributed by atoms with Crippen molar-refractivity contribution in [1.29, 1.82) is 0 Å². The fourth-order valence-corrected chi connectivity index (χ4v) is 2.56. The molecule has 1 aromatic heterocycles. The maximum atomic E-state index is 11.2. The first-order chi connectivity index (χ1) is 10.1. The number of methoxy groups -OCH3 is 1. The molecule has 1 aromatic carbocycles. The Labute approximate surface area is 131 Å². The Morgan fingerprint density at radius 1 is 1.48 bits per heavy atom. The number of hydrogen-bond acceptors (Lipinski definition) is 6. The zero-order chi connectivity index (χ0) is 15.2. The second-order valence-electron chi connectivity index (χ2n) is 4.27. The molecule has 1 heterocycles. The van der Waals surface area contributed by atoms with E-state index < -0.39 is 12.0 Å². The van der Waals surface area contributed by atoms with Gasteiger partial charge in [-0.3, -0.25) is 4.79 Å². The third-order valence-electron chi connectivity index (χ3n) is 2.71. The first kappa shape index (κ1) is 15.9. The van der Waals surface area contributed by atoms with Gasteiger partial charge in [0, 0.05) is 16.3 Å². The summed E-state index contributed by atoms with van der Waals surface area (Å²) in [6.45, 7) is 0. The number of aromatic nitrogens is 1. The molecule has 0 saturated carbocycles. The molecule has 1 atom stereocenters. The SMILES string of the molecule is COC(=O)C(N)CSCc1ncc(-c2ccc(Cl)cc2)o1.